The number of nitrogens with zero attached hydrogens (tertiary/aromatic N) is 2. The van der Waals surface area contributed by atoms with E-state index in [-0.39, 0.29) is 18.6 Å². The average Bonchev–Trinajstić information content (AvgIpc) is 3.21. The maximum Gasteiger partial charge on any atom is 0.245 e. The first-order valence-electron chi connectivity index (χ1n) is 10.8. The molecule has 0 amide bonds. The van der Waals surface area contributed by atoms with Crippen LogP contribution in [0.2, 0.25) is 5.02 Å². The summed E-state index contributed by atoms with van der Waals surface area (Å²) in [7, 11) is -2.62. The monoisotopic (exact) mass is 484 g/mol. The third-order valence-corrected chi connectivity index (χ3v) is 8.42. The molecule has 2 fully saturated rings. The summed E-state index contributed by atoms with van der Waals surface area (Å²) in [6.07, 6.45) is 3.84. The first-order chi connectivity index (χ1) is 15.2. The Morgan fingerprint density at radius 1 is 1.12 bits per heavy atom. The van der Waals surface area contributed by atoms with Gasteiger partial charge in [0.25, 0.3) is 0 Å². The Balaban J connectivity index is 1.28. The smallest absolute Gasteiger partial charge is 0.245 e. The van der Waals surface area contributed by atoms with Crippen molar-refractivity contribution in [2.45, 2.75) is 43.2 Å². The summed E-state index contributed by atoms with van der Waals surface area (Å²) in [4.78, 5) is 1.87. The van der Waals surface area contributed by atoms with Gasteiger partial charge in [-0.1, -0.05) is 17.7 Å². The van der Waals surface area contributed by atoms with Crippen molar-refractivity contribution in [1.82, 2.24) is 9.21 Å². The first-order valence-corrected chi connectivity index (χ1v) is 12.6. The van der Waals surface area contributed by atoms with Gasteiger partial charge in [-0.15, -0.1) is 0 Å². The van der Waals surface area contributed by atoms with Crippen LogP contribution in [-0.2, 0) is 16.6 Å². The highest BCUT2D eigenvalue weighted by molar-refractivity contribution is 7.89. The highest BCUT2D eigenvalue weighted by Crippen LogP contribution is 2.34. The highest BCUT2D eigenvalue weighted by atomic mass is 35.5. The molecule has 0 radical (unpaired) electrons. The Morgan fingerprint density at radius 3 is 2.50 bits per heavy atom. The normalized spacial score (nSPS) is 21.7. The van der Waals surface area contributed by atoms with Crippen molar-refractivity contribution in [2.24, 2.45) is 5.92 Å². The van der Waals surface area contributed by atoms with E-state index in [0.29, 0.717) is 29.7 Å². The van der Waals surface area contributed by atoms with Crippen molar-refractivity contribution in [1.29, 1.82) is 0 Å². The largest absolute Gasteiger partial charge is 0.490 e. The summed E-state index contributed by atoms with van der Waals surface area (Å²) in [6.45, 7) is 3.31. The van der Waals surface area contributed by atoms with Crippen LogP contribution in [0, 0.1) is 17.6 Å². The fourth-order valence-electron chi connectivity index (χ4n) is 4.34. The SMILES string of the molecule is CN(CC1CC(Oc2ccc(CN3CCCC3)c(Cl)c2)C1)S(=O)(=O)c1ccc(F)cc1F. The van der Waals surface area contributed by atoms with Crippen LogP contribution in [0.5, 0.6) is 5.75 Å². The molecule has 1 heterocycles. The molecule has 2 aromatic carbocycles. The van der Waals surface area contributed by atoms with Crippen molar-refractivity contribution in [3.05, 3.63) is 58.6 Å². The quantitative estimate of drug-likeness (QED) is 0.545. The molecule has 1 saturated heterocycles. The van der Waals surface area contributed by atoms with Gasteiger partial charge in [0.1, 0.15) is 22.3 Å². The molecule has 32 heavy (non-hydrogen) atoms. The number of ether oxygens (including phenoxy) is 1. The number of hydrogen-bond acceptors (Lipinski definition) is 4. The lowest BCUT2D eigenvalue weighted by molar-refractivity contribution is 0.0575. The highest BCUT2D eigenvalue weighted by Gasteiger charge is 2.35. The predicted molar refractivity (Wildman–Crippen MR) is 119 cm³/mol. The van der Waals surface area contributed by atoms with Gasteiger partial charge >= 0.3 is 0 Å². The van der Waals surface area contributed by atoms with E-state index >= 15 is 0 Å². The minimum absolute atomic E-state index is 0.0147. The molecule has 1 aliphatic heterocycles. The second-order valence-electron chi connectivity index (χ2n) is 8.67. The molecule has 1 aliphatic carbocycles. The van der Waals surface area contributed by atoms with E-state index in [1.54, 1.807) is 0 Å². The standard InChI is InChI=1S/C23H27ClF2N2O3S/c1-27(32(29,30)23-7-5-18(25)12-22(23)26)14-16-10-20(11-16)31-19-6-4-17(21(24)13-19)15-28-8-2-3-9-28/h4-7,12-13,16,20H,2-3,8-11,14-15H2,1H3. The molecule has 2 aliphatic rings. The number of likely N-dealkylation sites (tertiary alicyclic amines) is 1. The molecular weight excluding hydrogens is 458 g/mol. The molecule has 5 nitrogen and oxygen atoms in total. The number of rotatable bonds is 8. The maximum atomic E-state index is 13.9. The number of sulfonamides is 1. The van der Waals surface area contributed by atoms with Gasteiger partial charge in [-0.2, -0.15) is 0 Å². The molecule has 1 saturated carbocycles. The summed E-state index contributed by atoms with van der Waals surface area (Å²) < 4.78 is 59.4. The third-order valence-electron chi connectivity index (χ3n) is 6.21. The number of benzene rings is 2. The van der Waals surface area contributed by atoms with Crippen molar-refractivity contribution in [2.75, 3.05) is 26.7 Å². The van der Waals surface area contributed by atoms with Crippen molar-refractivity contribution < 1.29 is 21.9 Å². The second-order valence-corrected chi connectivity index (χ2v) is 11.1. The van der Waals surface area contributed by atoms with Crippen LogP contribution in [0.1, 0.15) is 31.2 Å². The molecule has 2 aromatic rings. The third kappa shape index (κ3) is 5.25. The molecule has 0 spiro atoms. The first kappa shape index (κ1) is 23.4. The average molecular weight is 485 g/mol. The van der Waals surface area contributed by atoms with Gasteiger partial charge in [-0.3, -0.25) is 4.90 Å². The topological polar surface area (TPSA) is 49.9 Å². The lowest BCUT2D eigenvalue weighted by Crippen LogP contribution is -2.42. The Morgan fingerprint density at radius 2 is 1.84 bits per heavy atom. The van der Waals surface area contributed by atoms with Crippen LogP contribution in [0.3, 0.4) is 0 Å². The van der Waals surface area contributed by atoms with E-state index in [2.05, 4.69) is 4.90 Å². The Hall–Kier alpha value is -1.74. The van der Waals surface area contributed by atoms with Gasteiger partial charge in [-0.25, -0.2) is 21.5 Å². The van der Waals surface area contributed by atoms with Crippen LogP contribution < -0.4 is 4.74 Å². The van der Waals surface area contributed by atoms with E-state index in [0.717, 1.165) is 41.6 Å². The molecule has 0 bridgehead atoms. The van der Waals surface area contributed by atoms with Gasteiger partial charge in [0.2, 0.25) is 10.0 Å². The van der Waals surface area contributed by atoms with E-state index in [9.17, 15) is 17.2 Å². The van der Waals surface area contributed by atoms with Gasteiger partial charge < -0.3 is 4.74 Å². The van der Waals surface area contributed by atoms with Gasteiger partial charge in [-0.05, 0) is 74.5 Å². The maximum absolute atomic E-state index is 13.9. The minimum atomic E-state index is -4.03. The Kier molecular flexibility index (Phi) is 7.05. The minimum Gasteiger partial charge on any atom is -0.490 e. The van der Waals surface area contributed by atoms with Crippen LogP contribution in [0.15, 0.2) is 41.3 Å². The molecule has 0 aromatic heterocycles. The molecule has 174 valence electrons. The van der Waals surface area contributed by atoms with Crippen LogP contribution in [0.25, 0.3) is 0 Å². The summed E-state index contributed by atoms with van der Waals surface area (Å²) in [6, 6.07) is 8.25. The fraction of sp³-hybridized carbons (Fsp3) is 0.478. The summed E-state index contributed by atoms with van der Waals surface area (Å²) in [5.41, 5.74) is 1.09. The molecule has 0 unspecified atom stereocenters. The van der Waals surface area contributed by atoms with Gasteiger partial charge in [0, 0.05) is 31.2 Å². The molecule has 9 heteroatoms. The Labute approximate surface area is 193 Å². The van der Waals surface area contributed by atoms with Crippen molar-refractivity contribution in [3.63, 3.8) is 0 Å². The molecular formula is C23H27ClF2N2O3S. The predicted octanol–water partition coefficient (Wildman–Crippen LogP) is 4.69. The van der Waals surface area contributed by atoms with Crippen molar-refractivity contribution >= 4 is 21.6 Å². The Bertz CT molecular complexity index is 1070. The zero-order valence-electron chi connectivity index (χ0n) is 17.9. The van der Waals surface area contributed by atoms with Crippen LogP contribution >= 0.6 is 11.6 Å². The summed E-state index contributed by atoms with van der Waals surface area (Å²) in [5, 5.41) is 0.692. The van der Waals surface area contributed by atoms with E-state index < -0.39 is 26.6 Å². The lowest BCUT2D eigenvalue weighted by Gasteiger charge is -2.37. The molecule has 0 atom stereocenters. The van der Waals surface area contributed by atoms with E-state index in [4.69, 9.17) is 16.3 Å². The number of hydrogen-bond donors (Lipinski definition) is 0. The number of halogens is 3. The zero-order valence-corrected chi connectivity index (χ0v) is 19.5. The van der Waals surface area contributed by atoms with Gasteiger partial charge in [0.05, 0.1) is 6.10 Å². The van der Waals surface area contributed by atoms with Crippen LogP contribution in [-0.4, -0.2) is 50.4 Å². The molecule has 4 rings (SSSR count). The zero-order chi connectivity index (χ0) is 22.9. The molecule has 0 N–H and O–H groups in total. The van der Waals surface area contributed by atoms with Crippen molar-refractivity contribution in [3.8, 4) is 5.75 Å². The van der Waals surface area contributed by atoms with E-state index in [1.807, 2.05) is 18.2 Å². The summed E-state index contributed by atoms with van der Waals surface area (Å²) >= 11 is 6.45. The van der Waals surface area contributed by atoms with Gasteiger partial charge in [0.15, 0.2) is 0 Å². The fourth-order valence-corrected chi connectivity index (χ4v) is 5.86. The van der Waals surface area contributed by atoms with E-state index in [1.165, 1.54) is 19.9 Å². The second kappa shape index (κ2) is 9.63. The lowest BCUT2D eigenvalue weighted by atomic mass is 9.82. The van der Waals surface area contributed by atoms with Crippen LogP contribution in [0.4, 0.5) is 8.78 Å². The summed E-state index contributed by atoms with van der Waals surface area (Å²) in [5.74, 6) is -1.09.